The molecular weight excluding hydrogens is 424 g/mol. The molecule has 0 fully saturated rings. The van der Waals surface area contributed by atoms with Crippen LogP contribution < -0.4 is 10.6 Å². The summed E-state index contributed by atoms with van der Waals surface area (Å²) < 4.78 is 10.8. The molecule has 2 amide bonds. The lowest BCUT2D eigenvalue weighted by molar-refractivity contribution is -0.137. The maximum absolute atomic E-state index is 12.4. The van der Waals surface area contributed by atoms with E-state index in [9.17, 15) is 14.4 Å². The summed E-state index contributed by atoms with van der Waals surface area (Å²) in [5.74, 6) is -1.52. The van der Waals surface area contributed by atoms with Crippen LogP contribution in [0.1, 0.15) is 44.2 Å². The van der Waals surface area contributed by atoms with Crippen LogP contribution in [0.5, 0.6) is 0 Å². The highest BCUT2D eigenvalue weighted by atomic mass is 16.5. The molecule has 3 N–H and O–H groups in total. The predicted octanol–water partition coefficient (Wildman–Crippen LogP) is 3.30. The molecule has 0 bridgehead atoms. The minimum Gasteiger partial charge on any atom is -0.481 e. The van der Waals surface area contributed by atoms with Crippen molar-refractivity contribution in [3.8, 4) is 11.1 Å². The number of aliphatic carboxylic acids is 1. The number of carbonyl (C=O) groups is 3. The van der Waals surface area contributed by atoms with Gasteiger partial charge in [-0.15, -0.1) is 0 Å². The van der Waals surface area contributed by atoms with Crippen molar-refractivity contribution in [1.29, 1.82) is 0 Å². The maximum atomic E-state index is 12.4. The van der Waals surface area contributed by atoms with Gasteiger partial charge in [0.05, 0.1) is 19.1 Å². The Hall–Kier alpha value is -3.39. The summed E-state index contributed by atoms with van der Waals surface area (Å²) in [6, 6.07) is 15.2. The molecule has 2 aromatic carbocycles. The van der Waals surface area contributed by atoms with Gasteiger partial charge < -0.3 is 25.2 Å². The van der Waals surface area contributed by atoms with Gasteiger partial charge in [-0.1, -0.05) is 48.5 Å². The van der Waals surface area contributed by atoms with E-state index in [4.69, 9.17) is 14.6 Å². The van der Waals surface area contributed by atoms with Crippen molar-refractivity contribution >= 4 is 18.0 Å². The molecule has 2 aromatic rings. The number of benzene rings is 2. The van der Waals surface area contributed by atoms with Crippen molar-refractivity contribution in [3.05, 3.63) is 59.7 Å². The average molecular weight is 455 g/mol. The third-order valence-electron chi connectivity index (χ3n) is 5.15. The molecule has 8 nitrogen and oxygen atoms in total. The summed E-state index contributed by atoms with van der Waals surface area (Å²) in [5, 5.41) is 14.4. The smallest absolute Gasteiger partial charge is 0.407 e. The summed E-state index contributed by atoms with van der Waals surface area (Å²) in [4.78, 5) is 35.5. The van der Waals surface area contributed by atoms with Crippen LogP contribution >= 0.6 is 0 Å². The quantitative estimate of drug-likeness (QED) is 0.536. The van der Waals surface area contributed by atoms with Crippen LogP contribution in [0.25, 0.3) is 11.1 Å². The van der Waals surface area contributed by atoms with Crippen LogP contribution in [-0.4, -0.2) is 54.5 Å². The normalized spacial score (nSPS) is 13.5. The summed E-state index contributed by atoms with van der Waals surface area (Å²) >= 11 is 0. The fourth-order valence-electron chi connectivity index (χ4n) is 3.92. The number of alkyl carbamates (subject to hydrolysis) is 1. The minimum absolute atomic E-state index is 0.0987. The van der Waals surface area contributed by atoms with Gasteiger partial charge in [-0.25, -0.2) is 4.79 Å². The topological polar surface area (TPSA) is 114 Å². The maximum Gasteiger partial charge on any atom is 0.407 e. The van der Waals surface area contributed by atoms with E-state index in [1.165, 1.54) is 0 Å². The minimum atomic E-state index is -1.10. The number of hydrogen-bond acceptors (Lipinski definition) is 5. The number of rotatable bonds is 9. The molecule has 1 unspecified atom stereocenters. The van der Waals surface area contributed by atoms with Gasteiger partial charge in [-0.05, 0) is 43.0 Å². The summed E-state index contributed by atoms with van der Waals surface area (Å²) in [7, 11) is 0. The highest BCUT2D eigenvalue weighted by Gasteiger charge is 2.29. The van der Waals surface area contributed by atoms with Crippen molar-refractivity contribution in [3.63, 3.8) is 0 Å². The first kappa shape index (κ1) is 24.3. The number of ether oxygens (including phenoxy) is 2. The van der Waals surface area contributed by atoms with Crippen molar-refractivity contribution < 1.29 is 29.0 Å². The number of carboxylic acid groups (broad SMARTS) is 1. The number of carbonyl (C=O) groups excluding carboxylic acids is 2. The second-order valence-corrected chi connectivity index (χ2v) is 9.08. The Kier molecular flexibility index (Phi) is 7.71. The molecule has 8 heteroatoms. The fourth-order valence-corrected chi connectivity index (χ4v) is 3.92. The highest BCUT2D eigenvalue weighted by Crippen LogP contribution is 2.44. The highest BCUT2D eigenvalue weighted by molar-refractivity contribution is 5.79. The molecule has 0 aromatic heterocycles. The van der Waals surface area contributed by atoms with Crippen LogP contribution in [0.4, 0.5) is 4.79 Å². The van der Waals surface area contributed by atoms with E-state index in [0.29, 0.717) is 0 Å². The molecule has 0 radical (unpaired) electrons. The number of hydrogen-bond donors (Lipinski definition) is 3. The van der Waals surface area contributed by atoms with Gasteiger partial charge in [-0.2, -0.15) is 0 Å². The third kappa shape index (κ3) is 6.79. The van der Waals surface area contributed by atoms with E-state index >= 15 is 0 Å². The van der Waals surface area contributed by atoms with Crippen molar-refractivity contribution in [2.75, 3.05) is 19.8 Å². The lowest BCUT2D eigenvalue weighted by Gasteiger charge is -2.21. The van der Waals surface area contributed by atoms with Crippen molar-refractivity contribution in [2.45, 2.75) is 44.7 Å². The number of fused-ring (bicyclic) bond motifs is 3. The van der Waals surface area contributed by atoms with Crippen LogP contribution in [0.15, 0.2) is 48.5 Å². The standard InChI is InChI=1S/C25H30N2O6/c1-25(2,3)27-22(28)15-32-13-16(12-23(29)30)26-24(31)33-14-21-19-10-6-4-8-17(19)18-9-5-7-11-20(18)21/h4-11,16,21H,12-15H2,1-3H3,(H,26,31)(H,27,28)(H,29,30). The first-order valence-corrected chi connectivity index (χ1v) is 10.9. The summed E-state index contributed by atoms with van der Waals surface area (Å²) in [5.41, 5.74) is 4.00. The first-order chi connectivity index (χ1) is 15.6. The van der Waals surface area contributed by atoms with E-state index in [0.717, 1.165) is 22.3 Å². The zero-order valence-corrected chi connectivity index (χ0v) is 19.1. The van der Waals surface area contributed by atoms with Gasteiger partial charge >= 0.3 is 12.1 Å². The van der Waals surface area contributed by atoms with Gasteiger partial charge in [0.25, 0.3) is 0 Å². The van der Waals surface area contributed by atoms with Gasteiger partial charge in [-0.3, -0.25) is 9.59 Å². The molecule has 1 aliphatic carbocycles. The molecule has 176 valence electrons. The average Bonchev–Trinajstić information content (AvgIpc) is 3.04. The van der Waals surface area contributed by atoms with Crippen LogP contribution in [-0.2, 0) is 19.1 Å². The number of nitrogens with one attached hydrogen (secondary N) is 2. The zero-order valence-electron chi connectivity index (χ0n) is 19.1. The van der Waals surface area contributed by atoms with E-state index < -0.39 is 23.6 Å². The lowest BCUT2D eigenvalue weighted by Crippen LogP contribution is -2.44. The summed E-state index contributed by atoms with van der Waals surface area (Å²) in [6.45, 7) is 5.28. The first-order valence-electron chi connectivity index (χ1n) is 10.9. The molecular formula is C25H30N2O6. The number of amides is 2. The molecule has 0 saturated heterocycles. The van der Waals surface area contributed by atoms with E-state index in [1.54, 1.807) is 0 Å². The van der Waals surface area contributed by atoms with Crippen LogP contribution in [0, 0.1) is 0 Å². The zero-order chi connectivity index (χ0) is 24.0. The molecule has 1 aliphatic rings. The van der Waals surface area contributed by atoms with Gasteiger partial charge in [0, 0.05) is 11.5 Å². The summed E-state index contributed by atoms with van der Waals surface area (Å²) in [6.07, 6.45) is -1.09. The molecule has 0 aliphatic heterocycles. The Morgan fingerprint density at radius 2 is 1.58 bits per heavy atom. The molecule has 0 heterocycles. The monoisotopic (exact) mass is 454 g/mol. The van der Waals surface area contributed by atoms with E-state index in [1.807, 2.05) is 69.3 Å². The SMILES string of the molecule is CC(C)(C)NC(=O)COCC(CC(=O)O)NC(=O)OCC1c2ccccc2-c2ccccc21. The largest absolute Gasteiger partial charge is 0.481 e. The molecule has 33 heavy (non-hydrogen) atoms. The predicted molar refractivity (Wildman–Crippen MR) is 123 cm³/mol. The molecule has 0 spiro atoms. The van der Waals surface area contributed by atoms with Gasteiger partial charge in [0.1, 0.15) is 13.2 Å². The van der Waals surface area contributed by atoms with Crippen molar-refractivity contribution in [2.24, 2.45) is 0 Å². The van der Waals surface area contributed by atoms with Crippen molar-refractivity contribution in [1.82, 2.24) is 10.6 Å². The Balaban J connectivity index is 1.55. The molecule has 3 rings (SSSR count). The second kappa shape index (κ2) is 10.5. The van der Waals surface area contributed by atoms with Gasteiger partial charge in [0.15, 0.2) is 0 Å². The van der Waals surface area contributed by atoms with Gasteiger partial charge in [0.2, 0.25) is 5.91 Å². The van der Waals surface area contributed by atoms with E-state index in [-0.39, 0.29) is 38.1 Å². The molecule has 1 atom stereocenters. The number of carboxylic acids is 1. The second-order valence-electron chi connectivity index (χ2n) is 9.08. The Bertz CT molecular complexity index is 968. The fraction of sp³-hybridized carbons (Fsp3) is 0.400. The van der Waals surface area contributed by atoms with E-state index in [2.05, 4.69) is 10.6 Å². The Morgan fingerprint density at radius 1 is 1.00 bits per heavy atom. The third-order valence-corrected chi connectivity index (χ3v) is 5.15. The lowest BCUT2D eigenvalue weighted by atomic mass is 9.98. The Morgan fingerprint density at radius 3 is 2.12 bits per heavy atom. The Labute approximate surface area is 193 Å². The van der Waals surface area contributed by atoms with Crippen LogP contribution in [0.2, 0.25) is 0 Å². The van der Waals surface area contributed by atoms with Crippen LogP contribution in [0.3, 0.4) is 0 Å². The molecule has 0 saturated carbocycles.